The van der Waals surface area contributed by atoms with Crippen molar-refractivity contribution >= 4 is 29.7 Å². The van der Waals surface area contributed by atoms with Crippen LogP contribution in [0.4, 0.5) is 4.79 Å². The molecule has 35 heavy (non-hydrogen) atoms. The molecule has 0 aliphatic rings. The van der Waals surface area contributed by atoms with Gasteiger partial charge in [-0.15, -0.1) is 0 Å². The molecule has 0 saturated heterocycles. The maximum Gasteiger partial charge on any atom is 0.408 e. The lowest BCUT2D eigenvalue weighted by atomic mass is 10.00. The topological polar surface area (TPSA) is 180 Å². The minimum Gasteiger partial charge on any atom is -0.507 e. The zero-order chi connectivity index (χ0) is 26.9. The summed E-state index contributed by atoms with van der Waals surface area (Å²) >= 11 is 0. The van der Waals surface area contributed by atoms with Gasteiger partial charge >= 0.3 is 12.1 Å². The number of phenolic OH excluding ortho intramolecular Hbond substituents is 1. The van der Waals surface area contributed by atoms with E-state index in [4.69, 9.17) is 4.74 Å². The Kier molecular flexibility index (Phi) is 10.7. The van der Waals surface area contributed by atoms with Gasteiger partial charge in [-0.05, 0) is 52.3 Å². The number of carbonyl (C=O) groups is 5. The zero-order valence-corrected chi connectivity index (χ0v) is 20.6. The third kappa shape index (κ3) is 9.61. The van der Waals surface area contributed by atoms with Gasteiger partial charge in [0.25, 0.3) is 0 Å². The number of esters is 1. The number of ether oxygens (including phenoxy) is 2. The number of hydrogen-bond donors (Lipinski definition) is 5. The van der Waals surface area contributed by atoms with E-state index in [0.29, 0.717) is 5.56 Å². The first kappa shape index (κ1) is 29.4. The predicted molar refractivity (Wildman–Crippen MR) is 124 cm³/mol. The summed E-state index contributed by atoms with van der Waals surface area (Å²) < 4.78 is 9.65. The van der Waals surface area contributed by atoms with Crippen molar-refractivity contribution < 1.29 is 43.7 Å². The minimum atomic E-state index is -1.38. The Balaban J connectivity index is 3.12. The van der Waals surface area contributed by atoms with Crippen molar-refractivity contribution in [2.45, 2.75) is 64.8 Å². The highest BCUT2D eigenvalue weighted by Crippen LogP contribution is 2.20. The van der Waals surface area contributed by atoms with Crippen LogP contribution >= 0.6 is 0 Å². The second kappa shape index (κ2) is 12.7. The number of carbonyl (C=O) groups excluding carboxylic acids is 5. The van der Waals surface area contributed by atoms with Crippen molar-refractivity contribution in [1.82, 2.24) is 16.0 Å². The van der Waals surface area contributed by atoms with Crippen molar-refractivity contribution in [1.29, 1.82) is 0 Å². The Morgan fingerprint density at radius 3 is 2.11 bits per heavy atom. The van der Waals surface area contributed by atoms with Crippen LogP contribution in [0.3, 0.4) is 0 Å². The van der Waals surface area contributed by atoms with E-state index in [2.05, 4.69) is 20.7 Å². The molecule has 1 aromatic carbocycles. The van der Waals surface area contributed by atoms with Crippen LogP contribution in [-0.4, -0.2) is 77.3 Å². The molecule has 1 rings (SSSR count). The van der Waals surface area contributed by atoms with E-state index in [1.165, 1.54) is 32.0 Å². The predicted octanol–water partition coefficient (Wildman–Crippen LogP) is 0.185. The first-order valence-electron chi connectivity index (χ1n) is 10.8. The molecule has 12 nitrogen and oxygen atoms in total. The average molecular weight is 496 g/mol. The quantitative estimate of drug-likeness (QED) is 0.223. The molecular weight excluding hydrogens is 462 g/mol. The number of amides is 3. The van der Waals surface area contributed by atoms with E-state index in [9.17, 15) is 34.2 Å². The number of aromatic hydroxyl groups is 1. The molecular formula is C23H33N3O9. The molecule has 0 bridgehead atoms. The number of methoxy groups -OCH3 is 1. The van der Waals surface area contributed by atoms with Crippen LogP contribution in [0.1, 0.15) is 50.5 Å². The molecule has 0 aromatic heterocycles. The SMILES string of the molecule is COC(=O)[C@H](CO)NC(=O)[C@H](Cc1ccc(O)c(C(C)=O)c1)NC(=O)[C@H](C)NC(=O)OC(C)(C)C. The summed E-state index contributed by atoms with van der Waals surface area (Å²) in [5.74, 6) is -3.11. The van der Waals surface area contributed by atoms with Gasteiger partial charge in [0.15, 0.2) is 11.8 Å². The Bertz CT molecular complexity index is 956. The highest BCUT2D eigenvalue weighted by molar-refractivity contribution is 5.97. The normalized spacial score (nSPS) is 13.6. The van der Waals surface area contributed by atoms with E-state index in [-0.39, 0.29) is 17.7 Å². The van der Waals surface area contributed by atoms with E-state index in [1.54, 1.807) is 20.8 Å². The summed E-state index contributed by atoms with van der Waals surface area (Å²) in [4.78, 5) is 61.2. The molecule has 0 fully saturated rings. The monoisotopic (exact) mass is 495 g/mol. The summed E-state index contributed by atoms with van der Waals surface area (Å²) in [5.41, 5.74) is -0.348. The lowest BCUT2D eigenvalue weighted by Crippen LogP contribution is -2.56. The number of Topliss-reactive ketones (excluding diaryl/α,β-unsaturated/α-hetero) is 1. The average Bonchev–Trinajstić information content (AvgIpc) is 2.75. The molecule has 0 spiro atoms. The van der Waals surface area contributed by atoms with Gasteiger partial charge in [0.1, 0.15) is 23.4 Å². The van der Waals surface area contributed by atoms with E-state index in [0.717, 1.165) is 7.11 Å². The lowest BCUT2D eigenvalue weighted by molar-refractivity contribution is -0.146. The highest BCUT2D eigenvalue weighted by Gasteiger charge is 2.29. The Morgan fingerprint density at radius 2 is 1.60 bits per heavy atom. The molecule has 0 aliphatic heterocycles. The fourth-order valence-electron chi connectivity index (χ4n) is 2.88. The third-order valence-corrected chi connectivity index (χ3v) is 4.62. The van der Waals surface area contributed by atoms with Crippen LogP contribution in [-0.2, 0) is 30.3 Å². The summed E-state index contributed by atoms with van der Waals surface area (Å²) in [5, 5.41) is 26.4. The Labute approximate surface area is 203 Å². The number of nitrogens with one attached hydrogen (secondary N) is 3. The number of aliphatic hydroxyl groups excluding tert-OH is 1. The lowest BCUT2D eigenvalue weighted by Gasteiger charge is -2.24. The van der Waals surface area contributed by atoms with Gasteiger partial charge in [-0.2, -0.15) is 0 Å². The van der Waals surface area contributed by atoms with Crippen molar-refractivity contribution in [3.8, 4) is 5.75 Å². The standard InChI is InChI=1S/C23H33N3O9/c1-12(24-22(33)35-23(3,4)5)19(30)25-16(20(31)26-17(11-27)21(32)34-6)10-14-7-8-18(29)15(9-14)13(2)28/h7-9,12,16-17,27,29H,10-11H2,1-6H3,(H,24,33)(H,25,30)(H,26,31)/t12-,16-,17-/m0/s1. The number of benzene rings is 1. The van der Waals surface area contributed by atoms with Crippen LogP contribution in [0.15, 0.2) is 18.2 Å². The maximum atomic E-state index is 12.9. The van der Waals surface area contributed by atoms with E-state index < -0.39 is 60.0 Å². The first-order chi connectivity index (χ1) is 16.2. The fourth-order valence-corrected chi connectivity index (χ4v) is 2.88. The summed E-state index contributed by atoms with van der Waals surface area (Å²) in [6.07, 6.45) is -0.979. The molecule has 5 N–H and O–H groups in total. The van der Waals surface area contributed by atoms with Gasteiger partial charge in [0.2, 0.25) is 11.8 Å². The van der Waals surface area contributed by atoms with Crippen molar-refractivity contribution in [3.63, 3.8) is 0 Å². The highest BCUT2D eigenvalue weighted by atomic mass is 16.6. The fraction of sp³-hybridized carbons (Fsp3) is 0.522. The van der Waals surface area contributed by atoms with Gasteiger partial charge in [0.05, 0.1) is 19.3 Å². The van der Waals surface area contributed by atoms with Crippen LogP contribution < -0.4 is 16.0 Å². The van der Waals surface area contributed by atoms with Crippen LogP contribution in [0.5, 0.6) is 5.75 Å². The van der Waals surface area contributed by atoms with Gasteiger partial charge in [0, 0.05) is 6.42 Å². The third-order valence-electron chi connectivity index (χ3n) is 4.62. The molecule has 3 atom stereocenters. The molecule has 0 aliphatic carbocycles. The van der Waals surface area contributed by atoms with E-state index in [1.807, 2.05) is 0 Å². The smallest absolute Gasteiger partial charge is 0.408 e. The largest absolute Gasteiger partial charge is 0.507 e. The van der Waals surface area contributed by atoms with Crippen LogP contribution in [0.25, 0.3) is 0 Å². The van der Waals surface area contributed by atoms with Gasteiger partial charge < -0.3 is 35.6 Å². The zero-order valence-electron chi connectivity index (χ0n) is 20.6. The molecule has 0 saturated carbocycles. The van der Waals surface area contributed by atoms with Gasteiger partial charge in [-0.25, -0.2) is 9.59 Å². The summed E-state index contributed by atoms with van der Waals surface area (Å²) in [7, 11) is 1.08. The molecule has 1 aromatic rings. The number of alkyl carbamates (subject to hydrolysis) is 1. The first-order valence-corrected chi connectivity index (χ1v) is 10.8. The maximum absolute atomic E-state index is 12.9. The molecule has 0 heterocycles. The molecule has 0 radical (unpaired) electrons. The summed E-state index contributed by atoms with van der Waals surface area (Å²) in [6.45, 7) is 6.87. The van der Waals surface area contributed by atoms with Gasteiger partial charge in [-0.1, -0.05) is 6.07 Å². The van der Waals surface area contributed by atoms with Crippen LogP contribution in [0.2, 0.25) is 0 Å². The Hall–Kier alpha value is -3.67. The number of aliphatic hydroxyl groups is 1. The minimum absolute atomic E-state index is 0.0238. The number of rotatable bonds is 10. The molecule has 3 amide bonds. The van der Waals surface area contributed by atoms with E-state index >= 15 is 0 Å². The Morgan fingerprint density at radius 1 is 1.00 bits per heavy atom. The van der Waals surface area contributed by atoms with Crippen LogP contribution in [0, 0.1) is 0 Å². The van der Waals surface area contributed by atoms with Gasteiger partial charge in [-0.3, -0.25) is 14.4 Å². The number of hydrogen-bond acceptors (Lipinski definition) is 9. The second-order valence-corrected chi connectivity index (χ2v) is 8.81. The second-order valence-electron chi connectivity index (χ2n) is 8.81. The molecule has 194 valence electrons. The molecule has 12 heteroatoms. The van der Waals surface area contributed by atoms with Crippen molar-refractivity contribution in [2.24, 2.45) is 0 Å². The number of phenols is 1. The molecule has 0 unspecified atom stereocenters. The number of ketones is 1. The van der Waals surface area contributed by atoms with Crippen molar-refractivity contribution in [2.75, 3.05) is 13.7 Å². The van der Waals surface area contributed by atoms with Crippen molar-refractivity contribution in [3.05, 3.63) is 29.3 Å². The summed E-state index contributed by atoms with van der Waals surface area (Å²) in [6, 6.07) is 0.351.